The van der Waals surface area contributed by atoms with E-state index >= 15 is 0 Å². The maximum atomic E-state index is 10.5. The molecule has 1 radical (unpaired) electrons. The fourth-order valence-corrected chi connectivity index (χ4v) is 1.17. The van der Waals surface area contributed by atoms with Crippen LogP contribution in [0, 0.1) is 0 Å². The first-order valence-electron chi connectivity index (χ1n) is 4.66. The number of carboxylic acid groups (broad SMARTS) is 1. The lowest BCUT2D eigenvalue weighted by molar-refractivity contribution is -0.138. The number of hydrogen-bond acceptors (Lipinski definition) is 4. The van der Waals surface area contributed by atoms with E-state index in [4.69, 9.17) is 10.8 Å². The Bertz CT molecular complexity index is 367. The Morgan fingerprint density at radius 3 is 2.69 bits per heavy atom. The molecule has 0 heterocycles. The van der Waals surface area contributed by atoms with Gasteiger partial charge in [0, 0.05) is 6.72 Å². The number of carbonyl (C=O) groups is 1. The summed E-state index contributed by atoms with van der Waals surface area (Å²) in [6, 6.07) is 6.28. The van der Waals surface area contributed by atoms with Crippen LogP contribution in [0.15, 0.2) is 29.4 Å². The fraction of sp³-hybridized carbons (Fsp3) is 0.200. The van der Waals surface area contributed by atoms with Crippen LogP contribution in [-0.4, -0.2) is 31.3 Å². The summed E-state index contributed by atoms with van der Waals surface area (Å²) in [5.41, 5.74) is 7.09. The molecule has 0 aromatic heterocycles. The molecule has 0 saturated heterocycles. The van der Waals surface area contributed by atoms with Gasteiger partial charge in [-0.25, -0.2) is 0 Å². The SMILES string of the molecule is C=NO[B]c1ccc(CC(N)C(=O)O)cc1. The lowest BCUT2D eigenvalue weighted by atomic mass is 9.87. The highest BCUT2D eigenvalue weighted by molar-refractivity contribution is 6.46. The molecule has 0 amide bonds. The number of rotatable bonds is 6. The van der Waals surface area contributed by atoms with E-state index in [1.54, 1.807) is 24.3 Å². The summed E-state index contributed by atoms with van der Waals surface area (Å²) >= 11 is 0. The van der Waals surface area contributed by atoms with Gasteiger partial charge in [0.25, 0.3) is 0 Å². The van der Waals surface area contributed by atoms with Crippen LogP contribution in [0.3, 0.4) is 0 Å². The van der Waals surface area contributed by atoms with Crippen molar-refractivity contribution in [1.29, 1.82) is 0 Å². The molecule has 3 N–H and O–H groups in total. The normalized spacial score (nSPS) is 11.6. The number of aliphatic carboxylic acids is 1. The van der Waals surface area contributed by atoms with Gasteiger partial charge in [-0.3, -0.25) is 4.79 Å². The second-order valence-electron chi connectivity index (χ2n) is 3.24. The standard InChI is InChI=1S/C10H12BN2O3/c1-13-16-11-8-4-2-7(3-5-8)6-9(12)10(14)15/h2-5,9H,1,6,12H2,(H,14,15). The van der Waals surface area contributed by atoms with Crippen molar-refractivity contribution in [3.63, 3.8) is 0 Å². The van der Waals surface area contributed by atoms with Gasteiger partial charge >= 0.3 is 13.5 Å². The number of nitrogens with zero attached hydrogens (tertiary/aromatic N) is 1. The highest BCUT2D eigenvalue weighted by Gasteiger charge is 2.11. The molecule has 1 aromatic carbocycles. The van der Waals surface area contributed by atoms with E-state index in [-0.39, 0.29) is 0 Å². The van der Waals surface area contributed by atoms with Crippen LogP contribution in [0.25, 0.3) is 0 Å². The Balaban J connectivity index is 2.57. The number of nitrogens with two attached hydrogens (primary N) is 1. The molecule has 83 valence electrons. The van der Waals surface area contributed by atoms with Crippen LogP contribution in [0.4, 0.5) is 0 Å². The van der Waals surface area contributed by atoms with E-state index in [0.717, 1.165) is 11.0 Å². The van der Waals surface area contributed by atoms with Crippen molar-refractivity contribution >= 4 is 25.6 Å². The smallest absolute Gasteiger partial charge is 0.448 e. The molecule has 0 aliphatic heterocycles. The molecular weight excluding hydrogens is 207 g/mol. The maximum absolute atomic E-state index is 10.5. The summed E-state index contributed by atoms with van der Waals surface area (Å²) < 4.78 is 4.65. The summed E-state index contributed by atoms with van der Waals surface area (Å²) in [4.78, 5) is 10.5. The maximum Gasteiger partial charge on any atom is 0.448 e. The van der Waals surface area contributed by atoms with Crippen LogP contribution >= 0.6 is 0 Å². The first kappa shape index (κ1) is 12.3. The number of benzene rings is 1. The van der Waals surface area contributed by atoms with Crippen molar-refractivity contribution < 1.29 is 14.7 Å². The van der Waals surface area contributed by atoms with Crippen LogP contribution in [-0.2, 0) is 16.0 Å². The molecule has 1 aromatic rings. The zero-order chi connectivity index (χ0) is 12.0. The van der Waals surface area contributed by atoms with Crippen LogP contribution in [0.1, 0.15) is 5.56 Å². The number of hydrogen-bond donors (Lipinski definition) is 2. The lowest BCUT2D eigenvalue weighted by Gasteiger charge is -2.06. The molecule has 1 rings (SSSR count). The Kier molecular flexibility index (Phi) is 4.53. The zero-order valence-electron chi connectivity index (χ0n) is 8.67. The van der Waals surface area contributed by atoms with Crippen molar-refractivity contribution in [3.8, 4) is 0 Å². The Hall–Kier alpha value is -1.82. The molecule has 6 heteroatoms. The molecule has 0 bridgehead atoms. The average Bonchev–Trinajstić information content (AvgIpc) is 2.28. The molecule has 0 fully saturated rings. The van der Waals surface area contributed by atoms with E-state index in [9.17, 15) is 4.79 Å². The van der Waals surface area contributed by atoms with Crippen molar-refractivity contribution in [1.82, 2.24) is 0 Å². The number of carboxylic acids is 1. The van der Waals surface area contributed by atoms with E-state index in [2.05, 4.69) is 16.6 Å². The summed E-state index contributed by atoms with van der Waals surface area (Å²) in [5.74, 6) is -1.00. The van der Waals surface area contributed by atoms with E-state index in [0.29, 0.717) is 6.42 Å². The van der Waals surface area contributed by atoms with Crippen molar-refractivity contribution in [2.45, 2.75) is 12.5 Å². The third-order valence-corrected chi connectivity index (χ3v) is 2.02. The minimum absolute atomic E-state index is 0.302. The van der Waals surface area contributed by atoms with Gasteiger partial charge in [0.15, 0.2) is 0 Å². The van der Waals surface area contributed by atoms with Gasteiger partial charge in [-0.05, 0) is 17.4 Å². The predicted molar refractivity (Wildman–Crippen MR) is 61.8 cm³/mol. The van der Waals surface area contributed by atoms with Gasteiger partial charge in [0.2, 0.25) is 0 Å². The fourth-order valence-electron chi connectivity index (χ4n) is 1.17. The van der Waals surface area contributed by atoms with Gasteiger partial charge < -0.3 is 15.6 Å². The monoisotopic (exact) mass is 219 g/mol. The van der Waals surface area contributed by atoms with E-state index < -0.39 is 12.0 Å². The van der Waals surface area contributed by atoms with Gasteiger partial charge in [0.05, 0.1) is 0 Å². The topological polar surface area (TPSA) is 84.9 Å². The second kappa shape index (κ2) is 5.92. The predicted octanol–water partition coefficient (Wildman–Crippen LogP) is -0.482. The highest BCUT2D eigenvalue weighted by atomic mass is 16.6. The summed E-state index contributed by atoms with van der Waals surface area (Å²) in [6.07, 6.45) is 0.302. The molecule has 0 aliphatic rings. The second-order valence-corrected chi connectivity index (χ2v) is 3.24. The van der Waals surface area contributed by atoms with Gasteiger partial charge in [0.1, 0.15) is 6.04 Å². The van der Waals surface area contributed by atoms with Gasteiger partial charge in [-0.1, -0.05) is 24.3 Å². The van der Waals surface area contributed by atoms with Gasteiger partial charge in [-0.2, -0.15) is 0 Å². The van der Waals surface area contributed by atoms with E-state index in [1.165, 1.54) is 7.48 Å². The molecule has 0 aliphatic carbocycles. The zero-order valence-corrected chi connectivity index (χ0v) is 8.67. The molecular formula is C10H12BN2O3. The first-order valence-corrected chi connectivity index (χ1v) is 4.66. The quantitative estimate of drug-likeness (QED) is 0.384. The van der Waals surface area contributed by atoms with E-state index in [1.807, 2.05) is 0 Å². The number of oxime groups is 1. The average molecular weight is 219 g/mol. The summed E-state index contributed by atoms with van der Waals surface area (Å²) in [5, 5.41) is 11.9. The highest BCUT2D eigenvalue weighted by Crippen LogP contribution is 2.00. The summed E-state index contributed by atoms with van der Waals surface area (Å²) in [6.45, 7) is 3.17. The van der Waals surface area contributed by atoms with Crippen molar-refractivity contribution in [2.24, 2.45) is 10.9 Å². The first-order chi connectivity index (χ1) is 7.63. The molecule has 0 spiro atoms. The molecule has 1 atom stereocenters. The third kappa shape index (κ3) is 3.74. The molecule has 5 nitrogen and oxygen atoms in total. The third-order valence-electron chi connectivity index (χ3n) is 2.02. The summed E-state index contributed by atoms with van der Waals surface area (Å²) in [7, 11) is 1.44. The minimum Gasteiger partial charge on any atom is -0.480 e. The Morgan fingerprint density at radius 2 is 2.19 bits per heavy atom. The van der Waals surface area contributed by atoms with Crippen LogP contribution in [0.5, 0.6) is 0 Å². The van der Waals surface area contributed by atoms with Crippen molar-refractivity contribution in [3.05, 3.63) is 29.8 Å². The van der Waals surface area contributed by atoms with Crippen LogP contribution in [0.2, 0.25) is 0 Å². The van der Waals surface area contributed by atoms with Gasteiger partial charge in [-0.15, -0.1) is 5.16 Å². The minimum atomic E-state index is -1.00. The molecule has 16 heavy (non-hydrogen) atoms. The lowest BCUT2D eigenvalue weighted by Crippen LogP contribution is -2.32. The van der Waals surface area contributed by atoms with Crippen molar-refractivity contribution in [2.75, 3.05) is 0 Å². The molecule has 1 unspecified atom stereocenters. The molecule has 0 saturated carbocycles. The van der Waals surface area contributed by atoms with Crippen LogP contribution < -0.4 is 11.2 Å². The Labute approximate surface area is 94.2 Å². The Morgan fingerprint density at radius 1 is 1.56 bits per heavy atom. The largest absolute Gasteiger partial charge is 0.480 e.